The average Bonchev–Trinajstić information content (AvgIpc) is 2.47. The number of benzene rings is 2. The van der Waals surface area contributed by atoms with Crippen molar-refractivity contribution in [2.45, 2.75) is 25.9 Å². The molecule has 1 unspecified atom stereocenters. The van der Waals surface area contributed by atoms with Gasteiger partial charge in [0.2, 0.25) is 0 Å². The molecule has 0 amide bonds. The van der Waals surface area contributed by atoms with Gasteiger partial charge in [-0.15, -0.1) is 0 Å². The summed E-state index contributed by atoms with van der Waals surface area (Å²) in [5, 5.41) is 13.2. The van der Waals surface area contributed by atoms with Crippen molar-refractivity contribution in [3.63, 3.8) is 0 Å². The van der Waals surface area contributed by atoms with Crippen LogP contribution in [0.15, 0.2) is 54.6 Å². The Balaban J connectivity index is 2.14. The van der Waals surface area contributed by atoms with Crippen molar-refractivity contribution in [3.8, 4) is 0 Å². The normalized spacial score (nSPS) is 14.1. The van der Waals surface area contributed by atoms with Gasteiger partial charge in [0.1, 0.15) is 0 Å². The first-order valence-electron chi connectivity index (χ1n) is 6.61. The van der Waals surface area contributed by atoms with E-state index < -0.39 is 5.54 Å². The molecular weight excluding hydrogens is 234 g/mol. The summed E-state index contributed by atoms with van der Waals surface area (Å²) in [5.74, 6) is 0. The molecule has 0 aliphatic heterocycles. The van der Waals surface area contributed by atoms with E-state index in [-0.39, 0.29) is 6.61 Å². The fraction of sp³-hybridized carbons (Fsp3) is 0.294. The Labute approximate surface area is 115 Å². The van der Waals surface area contributed by atoms with Crippen LogP contribution in [0.2, 0.25) is 0 Å². The molecule has 2 nitrogen and oxygen atoms in total. The van der Waals surface area contributed by atoms with Crippen molar-refractivity contribution in [1.82, 2.24) is 5.32 Å². The lowest BCUT2D eigenvalue weighted by atomic mass is 9.92. The number of rotatable bonds is 5. The minimum absolute atomic E-state index is 0.0723. The highest BCUT2D eigenvalue weighted by Crippen LogP contribution is 2.21. The molecular formula is C17H21NO. The molecule has 0 bridgehead atoms. The van der Waals surface area contributed by atoms with Crippen LogP contribution in [0, 0.1) is 6.92 Å². The molecule has 2 aromatic rings. The van der Waals surface area contributed by atoms with Crippen LogP contribution in [-0.2, 0) is 12.1 Å². The fourth-order valence-corrected chi connectivity index (χ4v) is 2.15. The first kappa shape index (κ1) is 13.8. The lowest BCUT2D eigenvalue weighted by Gasteiger charge is -2.30. The molecule has 0 saturated heterocycles. The number of nitrogens with one attached hydrogen (secondary N) is 1. The van der Waals surface area contributed by atoms with Gasteiger partial charge in [-0.3, -0.25) is 0 Å². The van der Waals surface area contributed by atoms with Crippen LogP contribution in [0.4, 0.5) is 0 Å². The summed E-state index contributed by atoms with van der Waals surface area (Å²) < 4.78 is 0. The highest BCUT2D eigenvalue weighted by Gasteiger charge is 2.24. The molecule has 0 spiro atoms. The fourth-order valence-electron chi connectivity index (χ4n) is 2.15. The van der Waals surface area contributed by atoms with E-state index in [4.69, 9.17) is 0 Å². The Morgan fingerprint density at radius 3 is 2.26 bits per heavy atom. The topological polar surface area (TPSA) is 32.3 Å². The van der Waals surface area contributed by atoms with Crippen LogP contribution in [0.5, 0.6) is 0 Å². The molecule has 0 aliphatic rings. The first-order valence-corrected chi connectivity index (χ1v) is 6.61. The van der Waals surface area contributed by atoms with Gasteiger partial charge < -0.3 is 10.4 Å². The molecule has 19 heavy (non-hydrogen) atoms. The lowest BCUT2D eigenvalue weighted by molar-refractivity contribution is 0.173. The quantitative estimate of drug-likeness (QED) is 0.861. The molecule has 2 heteroatoms. The van der Waals surface area contributed by atoms with Gasteiger partial charge >= 0.3 is 0 Å². The zero-order valence-electron chi connectivity index (χ0n) is 11.6. The van der Waals surface area contributed by atoms with E-state index in [1.54, 1.807) is 0 Å². The maximum atomic E-state index is 9.72. The second-order valence-corrected chi connectivity index (χ2v) is 5.14. The number of hydrogen-bond acceptors (Lipinski definition) is 2. The van der Waals surface area contributed by atoms with Gasteiger partial charge in [-0.05, 0) is 30.5 Å². The van der Waals surface area contributed by atoms with Crippen LogP contribution in [0.25, 0.3) is 0 Å². The summed E-state index contributed by atoms with van der Waals surface area (Å²) in [6.45, 7) is 4.96. The van der Waals surface area contributed by atoms with E-state index >= 15 is 0 Å². The Kier molecular flexibility index (Phi) is 4.35. The summed E-state index contributed by atoms with van der Waals surface area (Å²) in [4.78, 5) is 0. The van der Waals surface area contributed by atoms with E-state index in [2.05, 4.69) is 24.4 Å². The van der Waals surface area contributed by atoms with Crippen LogP contribution in [0.3, 0.4) is 0 Å². The molecule has 2 rings (SSSR count). The van der Waals surface area contributed by atoms with E-state index in [1.165, 1.54) is 11.1 Å². The van der Waals surface area contributed by atoms with Crippen molar-refractivity contribution >= 4 is 0 Å². The molecule has 0 fully saturated rings. The molecule has 0 heterocycles. The number of aliphatic hydroxyl groups is 1. The van der Waals surface area contributed by atoms with E-state index in [0.29, 0.717) is 0 Å². The van der Waals surface area contributed by atoms with Crippen LogP contribution >= 0.6 is 0 Å². The molecule has 0 saturated carbocycles. The minimum Gasteiger partial charge on any atom is -0.394 e. The molecule has 0 aromatic heterocycles. The molecule has 100 valence electrons. The summed E-state index contributed by atoms with van der Waals surface area (Å²) in [6, 6.07) is 18.4. The maximum absolute atomic E-state index is 9.72. The lowest BCUT2D eigenvalue weighted by Crippen LogP contribution is -2.42. The molecule has 2 aromatic carbocycles. The van der Waals surface area contributed by atoms with Crippen molar-refractivity contribution in [3.05, 3.63) is 71.3 Å². The highest BCUT2D eigenvalue weighted by molar-refractivity contribution is 5.27. The Bertz CT molecular complexity index is 524. The van der Waals surface area contributed by atoms with Crippen molar-refractivity contribution in [1.29, 1.82) is 0 Å². The molecule has 0 aliphatic carbocycles. The molecule has 2 N–H and O–H groups in total. The summed E-state index contributed by atoms with van der Waals surface area (Å²) in [5.41, 5.74) is 3.22. The smallest absolute Gasteiger partial charge is 0.0652 e. The third-order valence-electron chi connectivity index (χ3n) is 3.66. The van der Waals surface area contributed by atoms with Crippen LogP contribution in [0.1, 0.15) is 23.6 Å². The van der Waals surface area contributed by atoms with Crippen LogP contribution < -0.4 is 5.32 Å². The minimum atomic E-state index is -0.413. The maximum Gasteiger partial charge on any atom is 0.0652 e. The van der Waals surface area contributed by atoms with Gasteiger partial charge in [0.15, 0.2) is 0 Å². The predicted molar refractivity (Wildman–Crippen MR) is 78.9 cm³/mol. The number of aliphatic hydroxyl groups excluding tert-OH is 1. The third kappa shape index (κ3) is 3.22. The molecule has 1 atom stereocenters. The van der Waals surface area contributed by atoms with E-state index in [9.17, 15) is 5.11 Å². The Hall–Kier alpha value is -1.64. The highest BCUT2D eigenvalue weighted by atomic mass is 16.3. The second kappa shape index (κ2) is 6.00. The SMILES string of the molecule is Cc1ccccc1CNC(C)(CO)c1ccccc1. The molecule has 0 radical (unpaired) electrons. The Morgan fingerprint density at radius 1 is 1.00 bits per heavy atom. The zero-order chi connectivity index (χ0) is 13.7. The third-order valence-corrected chi connectivity index (χ3v) is 3.66. The summed E-state index contributed by atoms with van der Waals surface area (Å²) in [6.07, 6.45) is 0. The average molecular weight is 255 g/mol. The van der Waals surface area contributed by atoms with Gasteiger partial charge in [-0.2, -0.15) is 0 Å². The van der Waals surface area contributed by atoms with Gasteiger partial charge in [0.25, 0.3) is 0 Å². The van der Waals surface area contributed by atoms with E-state index in [0.717, 1.165) is 12.1 Å². The van der Waals surface area contributed by atoms with Crippen molar-refractivity contribution in [2.75, 3.05) is 6.61 Å². The van der Waals surface area contributed by atoms with Crippen LogP contribution in [-0.4, -0.2) is 11.7 Å². The van der Waals surface area contributed by atoms with Crippen molar-refractivity contribution < 1.29 is 5.11 Å². The van der Waals surface area contributed by atoms with Gasteiger partial charge in [0.05, 0.1) is 12.1 Å². The monoisotopic (exact) mass is 255 g/mol. The van der Waals surface area contributed by atoms with E-state index in [1.807, 2.05) is 49.4 Å². The van der Waals surface area contributed by atoms with Gasteiger partial charge in [0, 0.05) is 6.54 Å². The number of aryl methyl sites for hydroxylation is 1. The first-order chi connectivity index (χ1) is 9.15. The van der Waals surface area contributed by atoms with Gasteiger partial charge in [-0.1, -0.05) is 54.6 Å². The Morgan fingerprint density at radius 2 is 1.63 bits per heavy atom. The van der Waals surface area contributed by atoms with Crippen molar-refractivity contribution in [2.24, 2.45) is 0 Å². The second-order valence-electron chi connectivity index (χ2n) is 5.14. The largest absolute Gasteiger partial charge is 0.394 e. The standard InChI is InChI=1S/C17H21NO/c1-14-8-6-7-9-15(14)12-18-17(2,13-19)16-10-4-3-5-11-16/h3-11,18-19H,12-13H2,1-2H3. The number of hydrogen-bond donors (Lipinski definition) is 2. The summed E-state index contributed by atoms with van der Waals surface area (Å²) in [7, 11) is 0. The summed E-state index contributed by atoms with van der Waals surface area (Å²) >= 11 is 0. The predicted octanol–water partition coefficient (Wildman–Crippen LogP) is 2.99. The van der Waals surface area contributed by atoms with Gasteiger partial charge in [-0.25, -0.2) is 0 Å². The zero-order valence-corrected chi connectivity index (χ0v) is 11.6.